The van der Waals surface area contributed by atoms with Crippen molar-refractivity contribution < 1.29 is 14.3 Å². The number of hydrogen-bond acceptors (Lipinski definition) is 5. The summed E-state index contributed by atoms with van der Waals surface area (Å²) < 4.78 is 11.6. The molecule has 0 N–H and O–H groups in total. The molecule has 6 nitrogen and oxygen atoms in total. The number of ether oxygens (including phenoxy) is 2. The summed E-state index contributed by atoms with van der Waals surface area (Å²) in [6, 6.07) is 0. The van der Waals surface area contributed by atoms with E-state index in [0.717, 1.165) is 25.1 Å². The van der Waals surface area contributed by atoms with Crippen molar-refractivity contribution in [2.45, 2.75) is 45.6 Å². The lowest BCUT2D eigenvalue weighted by atomic mass is 10.2. The molecule has 0 unspecified atom stereocenters. The molecule has 108 valence electrons. The van der Waals surface area contributed by atoms with Crippen LogP contribution in [-0.2, 0) is 22.4 Å². The molecule has 0 saturated carbocycles. The maximum atomic E-state index is 11.6. The van der Waals surface area contributed by atoms with Gasteiger partial charge in [-0.3, -0.25) is 0 Å². The molecule has 0 atom stereocenters. The van der Waals surface area contributed by atoms with Gasteiger partial charge in [0.15, 0.2) is 5.69 Å². The molecule has 1 aromatic rings. The number of rotatable bonds is 9. The van der Waals surface area contributed by atoms with E-state index in [0.29, 0.717) is 18.7 Å². The van der Waals surface area contributed by atoms with Gasteiger partial charge in [0, 0.05) is 20.1 Å². The highest BCUT2D eigenvalue weighted by Crippen LogP contribution is 2.10. The zero-order chi connectivity index (χ0) is 14.1. The third-order valence-electron chi connectivity index (χ3n) is 2.98. The summed E-state index contributed by atoms with van der Waals surface area (Å²) in [6.07, 6.45) is 5.22. The summed E-state index contributed by atoms with van der Waals surface area (Å²) in [5.41, 5.74) is 1.10. The molecule has 1 heterocycles. The highest BCUT2D eigenvalue weighted by Gasteiger charge is 2.19. The minimum atomic E-state index is -0.439. The molecule has 0 aliphatic heterocycles. The maximum absolute atomic E-state index is 11.6. The monoisotopic (exact) mass is 269 g/mol. The molecular formula is C13H23N3O3. The number of unbranched alkanes of at least 4 members (excludes halogenated alkanes) is 3. The van der Waals surface area contributed by atoms with Gasteiger partial charge in [-0.1, -0.05) is 31.4 Å². The Balaban J connectivity index is 2.72. The first-order valence-electron chi connectivity index (χ1n) is 6.74. The molecule has 0 aromatic carbocycles. The molecule has 0 saturated heterocycles. The van der Waals surface area contributed by atoms with E-state index >= 15 is 0 Å². The molecule has 0 aliphatic rings. The lowest BCUT2D eigenvalue weighted by molar-refractivity contribution is 0.0592. The second-order valence-corrected chi connectivity index (χ2v) is 4.40. The fourth-order valence-corrected chi connectivity index (χ4v) is 1.90. The van der Waals surface area contributed by atoms with Crippen molar-refractivity contribution in [1.29, 1.82) is 0 Å². The van der Waals surface area contributed by atoms with Crippen LogP contribution in [0.2, 0.25) is 0 Å². The Morgan fingerprint density at radius 2 is 2.05 bits per heavy atom. The smallest absolute Gasteiger partial charge is 0.360 e. The van der Waals surface area contributed by atoms with Crippen molar-refractivity contribution in [3.8, 4) is 0 Å². The number of esters is 1. The Bertz CT molecular complexity index is 390. The van der Waals surface area contributed by atoms with E-state index in [4.69, 9.17) is 9.47 Å². The number of nitrogens with zero attached hydrogens (tertiary/aromatic N) is 3. The summed E-state index contributed by atoms with van der Waals surface area (Å²) >= 11 is 0. The second-order valence-electron chi connectivity index (χ2n) is 4.40. The van der Waals surface area contributed by atoms with Crippen LogP contribution in [0.15, 0.2) is 0 Å². The molecule has 1 rings (SSSR count). The summed E-state index contributed by atoms with van der Waals surface area (Å²) in [7, 11) is 2.98. The van der Waals surface area contributed by atoms with Crippen molar-refractivity contribution in [3.05, 3.63) is 11.4 Å². The van der Waals surface area contributed by atoms with Crippen molar-refractivity contribution in [2.75, 3.05) is 20.8 Å². The Labute approximate surface area is 114 Å². The largest absolute Gasteiger partial charge is 0.464 e. The lowest BCUT2D eigenvalue weighted by Gasteiger charge is -2.07. The van der Waals surface area contributed by atoms with Crippen LogP contribution in [0.3, 0.4) is 0 Å². The molecule has 0 amide bonds. The zero-order valence-corrected chi connectivity index (χ0v) is 12.0. The van der Waals surface area contributed by atoms with Crippen LogP contribution in [0.5, 0.6) is 0 Å². The van der Waals surface area contributed by atoms with Crippen molar-refractivity contribution in [2.24, 2.45) is 0 Å². The number of carbonyl (C=O) groups is 1. The van der Waals surface area contributed by atoms with Crippen molar-refractivity contribution >= 4 is 5.97 Å². The van der Waals surface area contributed by atoms with Crippen LogP contribution in [0, 0.1) is 0 Å². The van der Waals surface area contributed by atoms with Gasteiger partial charge >= 0.3 is 5.97 Å². The minimum absolute atomic E-state index is 0.301. The number of carbonyl (C=O) groups excluding carboxylic acids is 1. The molecule has 0 aliphatic carbocycles. The first-order chi connectivity index (χ1) is 9.24. The molecule has 0 bridgehead atoms. The number of aryl methyl sites for hydroxylation is 1. The quantitative estimate of drug-likeness (QED) is 0.505. The van der Waals surface area contributed by atoms with Gasteiger partial charge < -0.3 is 9.47 Å². The lowest BCUT2D eigenvalue weighted by Crippen LogP contribution is -2.12. The van der Waals surface area contributed by atoms with Gasteiger partial charge in [0.05, 0.1) is 19.4 Å². The van der Waals surface area contributed by atoms with Gasteiger partial charge in [0.1, 0.15) is 0 Å². The predicted molar refractivity (Wildman–Crippen MR) is 71.1 cm³/mol. The number of methoxy groups -OCH3 is 2. The highest BCUT2D eigenvalue weighted by atomic mass is 16.5. The van der Waals surface area contributed by atoms with Gasteiger partial charge in [-0.2, -0.15) is 0 Å². The Morgan fingerprint density at radius 3 is 2.68 bits per heavy atom. The van der Waals surface area contributed by atoms with E-state index in [1.807, 2.05) is 0 Å². The summed E-state index contributed by atoms with van der Waals surface area (Å²) in [6.45, 7) is 3.49. The SMILES string of the molecule is CCCCCCn1nnc(C(=O)OC)c1CCOC. The number of hydrogen-bond donors (Lipinski definition) is 0. The first kappa shape index (κ1) is 15.6. The molecule has 19 heavy (non-hydrogen) atoms. The summed E-state index contributed by atoms with van der Waals surface area (Å²) in [4.78, 5) is 11.6. The van der Waals surface area contributed by atoms with Gasteiger partial charge in [-0.05, 0) is 6.42 Å². The summed E-state index contributed by atoms with van der Waals surface area (Å²) in [5, 5.41) is 7.97. The molecule has 1 aromatic heterocycles. The molecular weight excluding hydrogens is 246 g/mol. The van der Waals surface area contributed by atoms with Crippen LogP contribution < -0.4 is 0 Å². The highest BCUT2D eigenvalue weighted by molar-refractivity contribution is 5.88. The van der Waals surface area contributed by atoms with Crippen LogP contribution >= 0.6 is 0 Å². The predicted octanol–water partition coefficient (Wildman–Crippen LogP) is 1.83. The van der Waals surface area contributed by atoms with E-state index < -0.39 is 5.97 Å². The van der Waals surface area contributed by atoms with E-state index in [9.17, 15) is 4.79 Å². The Morgan fingerprint density at radius 1 is 1.26 bits per heavy atom. The van der Waals surface area contributed by atoms with E-state index in [1.165, 1.54) is 20.0 Å². The minimum Gasteiger partial charge on any atom is -0.464 e. The van der Waals surface area contributed by atoms with E-state index in [-0.39, 0.29) is 0 Å². The fourth-order valence-electron chi connectivity index (χ4n) is 1.90. The van der Waals surface area contributed by atoms with Gasteiger partial charge in [-0.15, -0.1) is 5.10 Å². The maximum Gasteiger partial charge on any atom is 0.360 e. The zero-order valence-electron chi connectivity index (χ0n) is 12.0. The Kier molecular flexibility index (Phi) is 7.10. The van der Waals surface area contributed by atoms with Crippen LogP contribution in [0.4, 0.5) is 0 Å². The fraction of sp³-hybridized carbons (Fsp3) is 0.769. The third kappa shape index (κ3) is 4.63. The average molecular weight is 269 g/mol. The third-order valence-corrected chi connectivity index (χ3v) is 2.98. The van der Waals surface area contributed by atoms with Gasteiger partial charge in [-0.25, -0.2) is 9.48 Å². The van der Waals surface area contributed by atoms with Crippen LogP contribution in [0.1, 0.15) is 48.8 Å². The molecule has 0 radical (unpaired) electrons. The molecule has 0 spiro atoms. The normalized spacial score (nSPS) is 10.7. The van der Waals surface area contributed by atoms with Gasteiger partial charge in [0.25, 0.3) is 0 Å². The standard InChI is InChI=1S/C13H23N3O3/c1-4-5-6-7-9-16-11(8-10-18-2)12(14-15-16)13(17)19-3/h4-10H2,1-3H3. The van der Waals surface area contributed by atoms with Crippen molar-refractivity contribution in [1.82, 2.24) is 15.0 Å². The molecule has 6 heteroatoms. The Hall–Kier alpha value is -1.43. The average Bonchev–Trinajstić information content (AvgIpc) is 2.83. The van der Waals surface area contributed by atoms with E-state index in [2.05, 4.69) is 17.2 Å². The molecule has 0 fully saturated rings. The van der Waals surface area contributed by atoms with Crippen LogP contribution in [0.25, 0.3) is 0 Å². The van der Waals surface area contributed by atoms with E-state index in [1.54, 1.807) is 11.8 Å². The number of aromatic nitrogens is 3. The second kappa shape index (κ2) is 8.63. The van der Waals surface area contributed by atoms with Gasteiger partial charge in [0.2, 0.25) is 0 Å². The summed E-state index contributed by atoms with van der Waals surface area (Å²) in [5.74, 6) is -0.439. The van der Waals surface area contributed by atoms with Crippen LogP contribution in [-0.4, -0.2) is 41.8 Å². The van der Waals surface area contributed by atoms with Crippen molar-refractivity contribution in [3.63, 3.8) is 0 Å². The topological polar surface area (TPSA) is 66.2 Å². The first-order valence-corrected chi connectivity index (χ1v) is 6.74.